The van der Waals surface area contributed by atoms with Gasteiger partial charge in [-0.1, -0.05) is 0 Å². The van der Waals surface area contributed by atoms with Gasteiger partial charge in [0.1, 0.15) is 0 Å². The maximum Gasteiger partial charge on any atom is 0.317 e. The molecule has 20 heavy (non-hydrogen) atoms. The van der Waals surface area contributed by atoms with Crippen LogP contribution in [0.2, 0.25) is 0 Å². The first-order valence-electron chi connectivity index (χ1n) is 6.51. The van der Waals surface area contributed by atoms with E-state index in [0.29, 0.717) is 6.54 Å². The van der Waals surface area contributed by atoms with Crippen LogP contribution in [0.1, 0.15) is 5.56 Å². The Hall–Kier alpha value is -2.02. The summed E-state index contributed by atoms with van der Waals surface area (Å²) < 4.78 is 4.97. The molecule has 1 aliphatic rings. The standard InChI is InChI=1S/C13H16N4O2S/c18-12(15-9-11-1-7-19-10-11)16-3-5-17(6-4-16)13-14-2-8-20-13/h1-2,7-8,10H,3-6,9H2,(H,15,18). The van der Waals surface area contributed by atoms with Crippen LogP contribution in [0.5, 0.6) is 0 Å². The number of amides is 2. The van der Waals surface area contributed by atoms with Gasteiger partial charge < -0.3 is 19.5 Å². The molecule has 0 aromatic carbocycles. The molecule has 106 valence electrons. The summed E-state index contributed by atoms with van der Waals surface area (Å²) in [5, 5.41) is 5.90. The van der Waals surface area contributed by atoms with E-state index < -0.39 is 0 Å². The first-order valence-corrected chi connectivity index (χ1v) is 7.39. The van der Waals surface area contributed by atoms with E-state index in [-0.39, 0.29) is 6.03 Å². The average molecular weight is 292 g/mol. The molecule has 3 heterocycles. The summed E-state index contributed by atoms with van der Waals surface area (Å²) in [6, 6.07) is 1.82. The molecule has 7 heteroatoms. The van der Waals surface area contributed by atoms with Crippen LogP contribution in [0.3, 0.4) is 0 Å². The summed E-state index contributed by atoms with van der Waals surface area (Å²) in [6.07, 6.45) is 5.05. The van der Waals surface area contributed by atoms with Gasteiger partial charge in [0.2, 0.25) is 0 Å². The first-order chi connectivity index (χ1) is 9.83. The molecule has 1 saturated heterocycles. The van der Waals surface area contributed by atoms with Gasteiger partial charge in [-0.2, -0.15) is 0 Å². The number of carbonyl (C=O) groups excluding carboxylic acids is 1. The second-order valence-corrected chi connectivity index (χ2v) is 5.45. The number of nitrogens with one attached hydrogen (secondary N) is 1. The van der Waals surface area contributed by atoms with E-state index in [1.807, 2.05) is 22.5 Å². The molecule has 2 amide bonds. The van der Waals surface area contributed by atoms with E-state index in [1.54, 1.807) is 23.9 Å². The van der Waals surface area contributed by atoms with Crippen LogP contribution in [0.15, 0.2) is 34.6 Å². The summed E-state index contributed by atoms with van der Waals surface area (Å²) in [7, 11) is 0. The number of thiazole rings is 1. The Bertz CT molecular complexity index is 533. The molecule has 1 N–H and O–H groups in total. The lowest BCUT2D eigenvalue weighted by molar-refractivity contribution is 0.194. The molecule has 6 nitrogen and oxygen atoms in total. The Morgan fingerprint density at radius 1 is 1.40 bits per heavy atom. The number of rotatable bonds is 3. The normalized spacial score (nSPS) is 15.4. The Morgan fingerprint density at radius 3 is 2.90 bits per heavy atom. The largest absolute Gasteiger partial charge is 0.472 e. The number of hydrogen-bond acceptors (Lipinski definition) is 5. The third-order valence-electron chi connectivity index (χ3n) is 3.28. The molecule has 0 saturated carbocycles. The van der Waals surface area contributed by atoms with Crippen molar-refractivity contribution in [3.8, 4) is 0 Å². The van der Waals surface area contributed by atoms with Gasteiger partial charge in [-0.05, 0) is 6.07 Å². The number of piperazine rings is 1. The third kappa shape index (κ3) is 2.93. The van der Waals surface area contributed by atoms with E-state index in [1.165, 1.54) is 0 Å². The highest BCUT2D eigenvalue weighted by molar-refractivity contribution is 7.13. The molecule has 1 aliphatic heterocycles. The Kier molecular flexibility index (Phi) is 3.87. The lowest BCUT2D eigenvalue weighted by Gasteiger charge is -2.34. The minimum Gasteiger partial charge on any atom is -0.472 e. The van der Waals surface area contributed by atoms with E-state index in [9.17, 15) is 4.79 Å². The van der Waals surface area contributed by atoms with Crippen molar-refractivity contribution in [3.05, 3.63) is 35.7 Å². The molecule has 0 spiro atoms. The lowest BCUT2D eigenvalue weighted by Crippen LogP contribution is -2.51. The second kappa shape index (κ2) is 5.96. The first kappa shape index (κ1) is 13.0. The van der Waals surface area contributed by atoms with Gasteiger partial charge in [-0.3, -0.25) is 0 Å². The minimum absolute atomic E-state index is 0.0232. The SMILES string of the molecule is O=C(NCc1ccoc1)N1CCN(c2nccs2)CC1. The predicted octanol–water partition coefficient (Wildman–Crippen LogP) is 1.77. The van der Waals surface area contributed by atoms with E-state index >= 15 is 0 Å². The highest BCUT2D eigenvalue weighted by atomic mass is 32.1. The zero-order valence-electron chi connectivity index (χ0n) is 11.0. The zero-order chi connectivity index (χ0) is 13.8. The van der Waals surface area contributed by atoms with E-state index in [4.69, 9.17) is 4.42 Å². The monoisotopic (exact) mass is 292 g/mol. The average Bonchev–Trinajstić information content (AvgIpc) is 3.18. The van der Waals surface area contributed by atoms with Crippen molar-refractivity contribution in [2.45, 2.75) is 6.54 Å². The Labute approximate surface area is 121 Å². The molecule has 0 bridgehead atoms. The fraction of sp³-hybridized carbons (Fsp3) is 0.385. The molecular formula is C13H16N4O2S. The van der Waals surface area contributed by atoms with Crippen LogP contribution in [-0.2, 0) is 6.54 Å². The summed E-state index contributed by atoms with van der Waals surface area (Å²) in [6.45, 7) is 3.59. The number of hydrogen-bond donors (Lipinski definition) is 1. The van der Waals surface area contributed by atoms with Gasteiger partial charge in [0.25, 0.3) is 0 Å². The third-order valence-corrected chi connectivity index (χ3v) is 4.11. The van der Waals surface area contributed by atoms with Gasteiger partial charge in [-0.25, -0.2) is 9.78 Å². The quantitative estimate of drug-likeness (QED) is 0.936. The summed E-state index contributed by atoms with van der Waals surface area (Å²) in [4.78, 5) is 20.4. The number of aromatic nitrogens is 1. The van der Waals surface area contributed by atoms with Crippen LogP contribution in [0.4, 0.5) is 9.93 Å². The molecule has 0 aliphatic carbocycles. The molecule has 0 atom stereocenters. The minimum atomic E-state index is -0.0232. The van der Waals surface area contributed by atoms with Gasteiger partial charge in [0.05, 0.1) is 12.5 Å². The fourth-order valence-corrected chi connectivity index (χ4v) is 2.85. The van der Waals surface area contributed by atoms with Crippen LogP contribution in [0.25, 0.3) is 0 Å². The van der Waals surface area contributed by atoms with Crippen molar-refractivity contribution < 1.29 is 9.21 Å². The molecule has 2 aromatic rings. The summed E-state index contributed by atoms with van der Waals surface area (Å²) in [5.74, 6) is 0. The maximum absolute atomic E-state index is 12.0. The molecule has 0 radical (unpaired) electrons. The topological polar surface area (TPSA) is 61.6 Å². The number of nitrogens with zero attached hydrogens (tertiary/aromatic N) is 3. The van der Waals surface area contributed by atoms with Crippen LogP contribution >= 0.6 is 11.3 Å². The van der Waals surface area contributed by atoms with Crippen molar-refractivity contribution in [1.82, 2.24) is 15.2 Å². The highest BCUT2D eigenvalue weighted by Gasteiger charge is 2.22. The summed E-state index contributed by atoms with van der Waals surface area (Å²) >= 11 is 1.63. The molecular weight excluding hydrogens is 276 g/mol. The Balaban J connectivity index is 1.46. The second-order valence-electron chi connectivity index (χ2n) is 4.58. The van der Waals surface area contributed by atoms with Crippen molar-refractivity contribution >= 4 is 22.5 Å². The molecule has 3 rings (SSSR count). The number of carbonyl (C=O) groups is 1. The molecule has 0 unspecified atom stereocenters. The zero-order valence-corrected chi connectivity index (χ0v) is 11.8. The van der Waals surface area contributed by atoms with Crippen molar-refractivity contribution in [1.29, 1.82) is 0 Å². The highest BCUT2D eigenvalue weighted by Crippen LogP contribution is 2.18. The smallest absolute Gasteiger partial charge is 0.317 e. The maximum atomic E-state index is 12.0. The van der Waals surface area contributed by atoms with Crippen molar-refractivity contribution in [2.24, 2.45) is 0 Å². The van der Waals surface area contributed by atoms with Gasteiger partial charge in [-0.15, -0.1) is 11.3 Å². The molecule has 2 aromatic heterocycles. The van der Waals surface area contributed by atoms with Gasteiger partial charge in [0.15, 0.2) is 5.13 Å². The molecule has 1 fully saturated rings. The number of furan rings is 1. The predicted molar refractivity (Wildman–Crippen MR) is 76.8 cm³/mol. The van der Waals surface area contributed by atoms with Crippen LogP contribution in [-0.4, -0.2) is 42.1 Å². The fourth-order valence-electron chi connectivity index (χ4n) is 2.16. The number of urea groups is 1. The van der Waals surface area contributed by atoms with E-state index in [2.05, 4.69) is 15.2 Å². The number of anilines is 1. The van der Waals surface area contributed by atoms with Crippen molar-refractivity contribution in [3.63, 3.8) is 0 Å². The lowest BCUT2D eigenvalue weighted by atomic mass is 10.3. The van der Waals surface area contributed by atoms with E-state index in [0.717, 1.165) is 36.9 Å². The van der Waals surface area contributed by atoms with Crippen molar-refractivity contribution in [2.75, 3.05) is 31.1 Å². The van der Waals surface area contributed by atoms with Gasteiger partial charge in [0, 0.05) is 49.9 Å². The Morgan fingerprint density at radius 2 is 2.25 bits per heavy atom. The van der Waals surface area contributed by atoms with Gasteiger partial charge >= 0.3 is 6.03 Å². The van der Waals surface area contributed by atoms with Crippen LogP contribution in [0, 0.1) is 0 Å². The van der Waals surface area contributed by atoms with Crippen LogP contribution < -0.4 is 10.2 Å². The summed E-state index contributed by atoms with van der Waals surface area (Å²) in [5.41, 5.74) is 0.972.